The smallest absolute Gasteiger partial charge is 0.271 e. The molecule has 0 radical (unpaired) electrons. The molecule has 10 heteroatoms. The van der Waals surface area contributed by atoms with Crippen molar-refractivity contribution < 1.29 is 18.0 Å². The number of amides is 2. The Morgan fingerprint density at radius 3 is 2.09 bits per heavy atom. The van der Waals surface area contributed by atoms with Crippen molar-refractivity contribution in [3.8, 4) is 0 Å². The number of hydrazine groups is 1. The van der Waals surface area contributed by atoms with E-state index in [1.54, 1.807) is 18.2 Å². The molecule has 0 aliphatic heterocycles. The Hall–Kier alpha value is -3.07. The molecule has 0 saturated carbocycles. The van der Waals surface area contributed by atoms with Gasteiger partial charge in [0.15, 0.2) is 0 Å². The molecule has 0 unspecified atom stereocenters. The number of benzene rings is 3. The van der Waals surface area contributed by atoms with Crippen LogP contribution >= 0.6 is 23.2 Å². The van der Waals surface area contributed by atoms with Gasteiger partial charge in [0.05, 0.1) is 15.5 Å². The first-order valence-corrected chi connectivity index (χ1v) is 11.6. The minimum atomic E-state index is -3.98. The summed E-state index contributed by atoms with van der Waals surface area (Å²) in [5, 5.41) is 0.484. The van der Waals surface area contributed by atoms with Crippen LogP contribution < -0.4 is 15.6 Å². The van der Waals surface area contributed by atoms with Crippen molar-refractivity contribution >= 4 is 50.7 Å². The van der Waals surface area contributed by atoms with Crippen LogP contribution in [0.2, 0.25) is 10.0 Å². The maximum atomic E-state index is 12.8. The van der Waals surface area contributed by atoms with Gasteiger partial charge in [-0.05, 0) is 79.6 Å². The van der Waals surface area contributed by atoms with Crippen molar-refractivity contribution in [2.24, 2.45) is 0 Å². The van der Waals surface area contributed by atoms with Crippen molar-refractivity contribution in [1.29, 1.82) is 0 Å². The van der Waals surface area contributed by atoms with Crippen molar-refractivity contribution in [2.45, 2.75) is 18.7 Å². The summed E-state index contributed by atoms with van der Waals surface area (Å²) in [6.07, 6.45) is 0. The largest absolute Gasteiger partial charge is 0.280 e. The number of carbonyl (C=O) groups is 2. The number of hydrogen-bond acceptors (Lipinski definition) is 4. The monoisotopic (exact) mass is 491 g/mol. The molecule has 3 aromatic rings. The Morgan fingerprint density at radius 1 is 0.781 bits per heavy atom. The molecule has 3 aromatic carbocycles. The summed E-state index contributed by atoms with van der Waals surface area (Å²) in [7, 11) is -3.98. The summed E-state index contributed by atoms with van der Waals surface area (Å²) in [6.45, 7) is 3.79. The lowest BCUT2D eigenvalue weighted by molar-refractivity contribution is 0.0846. The molecule has 32 heavy (non-hydrogen) atoms. The van der Waals surface area contributed by atoms with Gasteiger partial charge in [-0.1, -0.05) is 29.3 Å². The second kappa shape index (κ2) is 9.60. The van der Waals surface area contributed by atoms with E-state index in [0.717, 1.165) is 17.2 Å². The molecule has 0 aromatic heterocycles. The zero-order valence-electron chi connectivity index (χ0n) is 17.1. The zero-order valence-corrected chi connectivity index (χ0v) is 19.4. The molecule has 0 atom stereocenters. The van der Waals surface area contributed by atoms with Crippen molar-refractivity contribution in [3.05, 3.63) is 93.0 Å². The lowest BCUT2D eigenvalue weighted by Gasteiger charge is -2.12. The van der Waals surface area contributed by atoms with Gasteiger partial charge in [0.25, 0.3) is 21.8 Å². The van der Waals surface area contributed by atoms with Crippen LogP contribution in [0.4, 0.5) is 5.69 Å². The molecule has 166 valence electrons. The third-order valence-electron chi connectivity index (χ3n) is 4.65. The van der Waals surface area contributed by atoms with E-state index in [1.807, 2.05) is 13.8 Å². The molecule has 3 rings (SSSR count). The Morgan fingerprint density at radius 2 is 1.44 bits per heavy atom. The van der Waals surface area contributed by atoms with Crippen LogP contribution in [0.5, 0.6) is 0 Å². The van der Waals surface area contributed by atoms with Crippen molar-refractivity contribution in [3.63, 3.8) is 0 Å². The maximum Gasteiger partial charge on any atom is 0.271 e. The second-order valence-electron chi connectivity index (χ2n) is 6.96. The summed E-state index contributed by atoms with van der Waals surface area (Å²) >= 11 is 11.9. The van der Waals surface area contributed by atoms with Gasteiger partial charge in [-0.3, -0.25) is 25.2 Å². The fourth-order valence-corrected chi connectivity index (χ4v) is 4.12. The molecule has 0 aliphatic rings. The van der Waals surface area contributed by atoms with Gasteiger partial charge in [-0.25, -0.2) is 8.42 Å². The summed E-state index contributed by atoms with van der Waals surface area (Å²) in [5.41, 5.74) is 6.97. The average Bonchev–Trinajstić information content (AvgIpc) is 2.75. The number of anilines is 1. The number of halogens is 2. The normalized spacial score (nSPS) is 11.0. The number of rotatable bonds is 5. The van der Waals surface area contributed by atoms with E-state index in [-0.39, 0.29) is 21.0 Å². The number of aryl methyl sites for hydroxylation is 2. The Labute approximate surface area is 195 Å². The topological polar surface area (TPSA) is 104 Å². The Bertz CT molecular complexity index is 1290. The van der Waals surface area contributed by atoms with E-state index in [0.29, 0.717) is 10.7 Å². The number of nitrogens with one attached hydrogen (secondary N) is 3. The maximum absolute atomic E-state index is 12.8. The molecular formula is C22H19Cl2N3O4S. The highest BCUT2D eigenvalue weighted by Gasteiger charge is 2.20. The van der Waals surface area contributed by atoms with E-state index in [4.69, 9.17) is 23.2 Å². The van der Waals surface area contributed by atoms with Crippen molar-refractivity contribution in [1.82, 2.24) is 10.9 Å². The predicted molar refractivity (Wildman–Crippen MR) is 125 cm³/mol. The molecule has 2 amide bonds. The third-order valence-corrected chi connectivity index (χ3v) is 6.61. The Kier molecular flexibility index (Phi) is 7.08. The SMILES string of the molecule is Cc1ccc(NS(=O)(=O)c2ccc(Cl)c(C(=O)NNC(=O)c3ccc(Cl)cc3)c2)cc1C. The van der Waals surface area contributed by atoms with Crippen LogP contribution in [0.15, 0.2) is 65.6 Å². The van der Waals surface area contributed by atoms with E-state index in [9.17, 15) is 18.0 Å². The fourth-order valence-electron chi connectivity index (χ4n) is 2.72. The van der Waals surface area contributed by atoms with Crippen molar-refractivity contribution in [2.75, 3.05) is 4.72 Å². The molecule has 0 bridgehead atoms. The van der Waals surface area contributed by atoms with E-state index in [2.05, 4.69) is 15.6 Å². The standard InChI is InChI=1S/C22H19Cl2N3O4S/c1-13-3-8-17(11-14(13)2)27-32(30,31)18-9-10-20(24)19(12-18)22(29)26-25-21(28)15-4-6-16(23)7-5-15/h3-12,27H,1-2H3,(H,25,28)(H,26,29). The van der Waals surface area contributed by atoms with Gasteiger partial charge in [0, 0.05) is 16.3 Å². The first-order valence-electron chi connectivity index (χ1n) is 9.33. The summed E-state index contributed by atoms with van der Waals surface area (Å²) in [5.74, 6) is -1.35. The highest BCUT2D eigenvalue weighted by atomic mass is 35.5. The number of carbonyl (C=O) groups excluding carboxylic acids is 2. The van der Waals surface area contributed by atoms with Gasteiger partial charge in [-0.2, -0.15) is 0 Å². The third kappa shape index (κ3) is 5.59. The molecule has 7 nitrogen and oxygen atoms in total. The highest BCUT2D eigenvalue weighted by molar-refractivity contribution is 7.92. The summed E-state index contributed by atoms with van der Waals surface area (Å²) in [4.78, 5) is 24.5. The van der Waals surface area contributed by atoms with Gasteiger partial charge in [0.2, 0.25) is 0 Å². The Balaban J connectivity index is 1.76. The van der Waals surface area contributed by atoms with E-state index in [1.165, 1.54) is 36.4 Å². The van der Waals surface area contributed by atoms with E-state index < -0.39 is 21.8 Å². The summed E-state index contributed by atoms with van der Waals surface area (Å²) < 4.78 is 28.1. The molecule has 3 N–H and O–H groups in total. The van der Waals surface area contributed by atoms with Gasteiger partial charge in [-0.15, -0.1) is 0 Å². The minimum absolute atomic E-state index is 0.0216. The second-order valence-corrected chi connectivity index (χ2v) is 9.49. The lowest BCUT2D eigenvalue weighted by atomic mass is 10.1. The lowest BCUT2D eigenvalue weighted by Crippen LogP contribution is -2.41. The quantitative estimate of drug-likeness (QED) is 0.457. The van der Waals surface area contributed by atoms with Gasteiger partial charge in [0.1, 0.15) is 0 Å². The molecular weight excluding hydrogens is 473 g/mol. The average molecular weight is 492 g/mol. The zero-order chi connectivity index (χ0) is 23.5. The molecule has 0 saturated heterocycles. The van der Waals surface area contributed by atoms with Crippen LogP contribution in [0.3, 0.4) is 0 Å². The van der Waals surface area contributed by atoms with Crippen LogP contribution in [0.1, 0.15) is 31.8 Å². The molecule has 0 heterocycles. The molecule has 0 spiro atoms. The van der Waals surface area contributed by atoms with Crippen LogP contribution in [0, 0.1) is 13.8 Å². The van der Waals surface area contributed by atoms with Gasteiger partial charge >= 0.3 is 0 Å². The summed E-state index contributed by atoms with van der Waals surface area (Å²) in [6, 6.07) is 14.9. The van der Waals surface area contributed by atoms with Crippen LogP contribution in [0.25, 0.3) is 0 Å². The van der Waals surface area contributed by atoms with E-state index >= 15 is 0 Å². The minimum Gasteiger partial charge on any atom is -0.280 e. The van der Waals surface area contributed by atoms with Gasteiger partial charge < -0.3 is 0 Å². The number of sulfonamides is 1. The fraction of sp³-hybridized carbons (Fsp3) is 0.0909. The highest BCUT2D eigenvalue weighted by Crippen LogP contribution is 2.23. The molecule has 0 aliphatic carbocycles. The van der Waals surface area contributed by atoms with Crippen LogP contribution in [-0.4, -0.2) is 20.2 Å². The first-order chi connectivity index (χ1) is 15.1. The van der Waals surface area contributed by atoms with Crippen LogP contribution in [-0.2, 0) is 10.0 Å². The predicted octanol–water partition coefficient (Wildman–Crippen LogP) is 4.49. The number of hydrogen-bond donors (Lipinski definition) is 3. The first kappa shape index (κ1) is 23.6. The molecule has 0 fully saturated rings.